The summed E-state index contributed by atoms with van der Waals surface area (Å²) in [5, 5.41) is 22.7. The number of hydrazine groups is 1. The fourth-order valence-corrected chi connectivity index (χ4v) is 3.00. The molecule has 0 saturated heterocycles. The molecule has 1 aliphatic rings. The summed E-state index contributed by atoms with van der Waals surface area (Å²) < 4.78 is 10.4. The molecule has 0 spiro atoms. The molecule has 2 aromatic rings. The molecule has 2 N–H and O–H groups in total. The first-order chi connectivity index (χ1) is 15.2. The molecule has 0 aromatic heterocycles. The van der Waals surface area contributed by atoms with Crippen LogP contribution in [0.1, 0.15) is 5.56 Å². The minimum Gasteiger partial charge on any atom is -0.479 e. The van der Waals surface area contributed by atoms with Crippen molar-refractivity contribution in [3.63, 3.8) is 0 Å². The number of nitrogens with one attached hydrogen (secondary N) is 2. The van der Waals surface area contributed by atoms with Gasteiger partial charge >= 0.3 is 11.7 Å². The van der Waals surface area contributed by atoms with Gasteiger partial charge in [0.25, 0.3) is 5.69 Å². The van der Waals surface area contributed by atoms with E-state index in [9.17, 15) is 29.8 Å². The van der Waals surface area contributed by atoms with Gasteiger partial charge in [-0.3, -0.25) is 29.8 Å². The van der Waals surface area contributed by atoms with Crippen LogP contribution in [0.2, 0.25) is 5.02 Å². The van der Waals surface area contributed by atoms with Gasteiger partial charge in [0.05, 0.1) is 23.0 Å². The van der Waals surface area contributed by atoms with Crippen LogP contribution in [0.3, 0.4) is 0 Å². The molecule has 0 saturated carbocycles. The van der Waals surface area contributed by atoms with Crippen LogP contribution in [0.4, 0.5) is 17.1 Å². The van der Waals surface area contributed by atoms with Crippen LogP contribution in [0.25, 0.3) is 5.76 Å². The predicted octanol–water partition coefficient (Wildman–Crippen LogP) is 2.62. The maximum Gasteiger partial charge on any atom is 0.329 e. The van der Waals surface area contributed by atoms with Crippen molar-refractivity contribution in [3.8, 4) is 0 Å². The van der Waals surface area contributed by atoms with Crippen molar-refractivity contribution in [2.24, 2.45) is 0 Å². The smallest absolute Gasteiger partial charge is 0.329 e. The van der Waals surface area contributed by atoms with Crippen molar-refractivity contribution in [1.82, 2.24) is 5.43 Å². The second-order valence-electron chi connectivity index (χ2n) is 6.44. The number of nitro groups is 2. The van der Waals surface area contributed by atoms with E-state index in [-0.39, 0.29) is 11.4 Å². The van der Waals surface area contributed by atoms with Crippen LogP contribution in [-0.4, -0.2) is 40.9 Å². The number of methoxy groups -OCH3 is 1. The third-order valence-electron chi connectivity index (χ3n) is 4.45. The average molecular weight is 463 g/mol. The Bertz CT molecular complexity index is 1120. The topological polar surface area (TPSA) is 163 Å². The van der Waals surface area contributed by atoms with Crippen LogP contribution in [0, 0.1) is 20.2 Å². The van der Waals surface area contributed by atoms with Gasteiger partial charge in [0, 0.05) is 22.7 Å². The first-order valence-electron chi connectivity index (χ1n) is 8.91. The first-order valence-corrected chi connectivity index (χ1v) is 9.29. The Balaban J connectivity index is 1.81. The maximum atomic E-state index is 12.5. The molecule has 3 rings (SSSR count). The largest absolute Gasteiger partial charge is 0.479 e. The Labute approximate surface area is 185 Å². The SMILES string of the molecule is COC(=O)C(NNc1ccc([N+](=O)[O-])cc1[N+](=O)[O-])C1OC(c2ccc(Cl)cc2)=CC1=O. The lowest BCUT2D eigenvalue weighted by Gasteiger charge is -2.23. The van der Waals surface area contributed by atoms with E-state index in [1.54, 1.807) is 24.3 Å². The average Bonchev–Trinajstić information content (AvgIpc) is 3.15. The number of carbonyl (C=O) groups excluding carboxylic acids is 2. The van der Waals surface area contributed by atoms with E-state index in [1.807, 2.05) is 0 Å². The Morgan fingerprint density at radius 3 is 2.44 bits per heavy atom. The van der Waals surface area contributed by atoms with Crippen LogP contribution < -0.4 is 10.9 Å². The van der Waals surface area contributed by atoms with E-state index in [0.29, 0.717) is 10.6 Å². The van der Waals surface area contributed by atoms with E-state index >= 15 is 0 Å². The molecule has 0 radical (unpaired) electrons. The number of benzene rings is 2. The van der Waals surface area contributed by atoms with Crippen LogP contribution in [-0.2, 0) is 19.1 Å². The standard InChI is InChI=1S/C19H15ClN4O8/c1-31-19(26)17(18-15(25)9-16(32-18)10-2-4-11(20)5-3-10)22-21-13-7-6-12(23(27)28)8-14(13)24(29)30/h2-9,17-18,21-22H,1H3. The van der Waals surface area contributed by atoms with E-state index in [1.165, 1.54) is 6.08 Å². The summed E-state index contributed by atoms with van der Waals surface area (Å²) in [5.74, 6) is -1.22. The van der Waals surface area contributed by atoms with Gasteiger partial charge in [0.2, 0.25) is 5.78 Å². The van der Waals surface area contributed by atoms with E-state index in [4.69, 9.17) is 21.1 Å². The monoisotopic (exact) mass is 462 g/mol. The molecule has 32 heavy (non-hydrogen) atoms. The number of rotatable bonds is 8. The number of ether oxygens (including phenoxy) is 2. The molecule has 0 fully saturated rings. The molecular weight excluding hydrogens is 448 g/mol. The number of esters is 1. The molecule has 13 heteroatoms. The van der Waals surface area contributed by atoms with Gasteiger partial charge in [0.15, 0.2) is 12.1 Å². The van der Waals surface area contributed by atoms with Gasteiger partial charge in [-0.1, -0.05) is 11.6 Å². The van der Waals surface area contributed by atoms with Crippen LogP contribution in [0.5, 0.6) is 0 Å². The lowest BCUT2D eigenvalue weighted by atomic mass is 10.1. The molecule has 2 atom stereocenters. The number of halogens is 1. The molecule has 2 unspecified atom stereocenters. The van der Waals surface area contributed by atoms with Crippen molar-refractivity contribution < 1.29 is 28.9 Å². The van der Waals surface area contributed by atoms with Crippen LogP contribution in [0.15, 0.2) is 48.5 Å². The second-order valence-corrected chi connectivity index (χ2v) is 6.88. The van der Waals surface area contributed by atoms with Crippen molar-refractivity contribution in [2.75, 3.05) is 12.5 Å². The summed E-state index contributed by atoms with van der Waals surface area (Å²) in [6.45, 7) is 0. The van der Waals surface area contributed by atoms with Crippen molar-refractivity contribution >= 4 is 46.2 Å². The Kier molecular flexibility index (Phi) is 6.66. The molecular formula is C19H15ClN4O8. The van der Waals surface area contributed by atoms with Crippen molar-refractivity contribution in [2.45, 2.75) is 12.1 Å². The number of ketones is 1. The van der Waals surface area contributed by atoms with E-state index in [0.717, 1.165) is 25.3 Å². The first kappa shape index (κ1) is 22.7. The molecule has 0 amide bonds. The lowest BCUT2D eigenvalue weighted by molar-refractivity contribution is -0.393. The maximum absolute atomic E-state index is 12.5. The van der Waals surface area contributed by atoms with Gasteiger partial charge in [0.1, 0.15) is 11.4 Å². The minimum absolute atomic E-state index is 0.175. The Morgan fingerprint density at radius 2 is 1.84 bits per heavy atom. The van der Waals surface area contributed by atoms with E-state index in [2.05, 4.69) is 10.9 Å². The number of hydrogen-bond donors (Lipinski definition) is 2. The second kappa shape index (κ2) is 9.41. The number of anilines is 1. The number of non-ortho nitro benzene ring substituents is 1. The Hall–Kier alpha value is -4.03. The number of nitro benzene ring substituents is 2. The van der Waals surface area contributed by atoms with Crippen molar-refractivity contribution in [1.29, 1.82) is 0 Å². The van der Waals surface area contributed by atoms with Crippen molar-refractivity contribution in [3.05, 3.63) is 79.4 Å². The number of hydrogen-bond acceptors (Lipinski definition) is 10. The third kappa shape index (κ3) is 4.82. The summed E-state index contributed by atoms with van der Waals surface area (Å²) in [6.07, 6.45) is -0.127. The summed E-state index contributed by atoms with van der Waals surface area (Å²) in [6, 6.07) is 7.95. The fraction of sp³-hybridized carbons (Fsp3) is 0.158. The summed E-state index contributed by atoms with van der Waals surface area (Å²) in [4.78, 5) is 45.4. The zero-order valence-electron chi connectivity index (χ0n) is 16.3. The molecule has 0 aliphatic carbocycles. The highest BCUT2D eigenvalue weighted by Gasteiger charge is 2.40. The molecule has 0 bridgehead atoms. The highest BCUT2D eigenvalue weighted by molar-refractivity contribution is 6.30. The zero-order valence-corrected chi connectivity index (χ0v) is 17.1. The summed E-state index contributed by atoms with van der Waals surface area (Å²) in [7, 11) is 1.10. The van der Waals surface area contributed by atoms with Gasteiger partial charge in [-0.15, -0.1) is 0 Å². The normalized spacial score (nSPS) is 16.0. The van der Waals surface area contributed by atoms with E-state index < -0.39 is 45.1 Å². The molecule has 1 heterocycles. The summed E-state index contributed by atoms with van der Waals surface area (Å²) >= 11 is 5.86. The predicted molar refractivity (Wildman–Crippen MR) is 112 cm³/mol. The fourth-order valence-electron chi connectivity index (χ4n) is 2.87. The zero-order chi connectivity index (χ0) is 23.4. The molecule has 2 aromatic carbocycles. The number of nitrogens with zero attached hydrogens (tertiary/aromatic N) is 2. The van der Waals surface area contributed by atoms with Crippen LogP contribution >= 0.6 is 11.6 Å². The van der Waals surface area contributed by atoms with Gasteiger partial charge in [-0.05, 0) is 30.3 Å². The molecule has 1 aliphatic heterocycles. The Morgan fingerprint density at radius 1 is 1.16 bits per heavy atom. The highest BCUT2D eigenvalue weighted by atomic mass is 35.5. The minimum atomic E-state index is -1.40. The number of carbonyl (C=O) groups is 2. The highest BCUT2D eigenvalue weighted by Crippen LogP contribution is 2.30. The lowest BCUT2D eigenvalue weighted by Crippen LogP contribution is -2.51. The van der Waals surface area contributed by atoms with Gasteiger partial charge < -0.3 is 14.9 Å². The third-order valence-corrected chi connectivity index (χ3v) is 4.70. The summed E-state index contributed by atoms with van der Waals surface area (Å²) in [5.41, 5.74) is 4.20. The quantitative estimate of drug-likeness (QED) is 0.338. The molecule has 12 nitrogen and oxygen atoms in total. The van der Waals surface area contributed by atoms with Gasteiger partial charge in [-0.25, -0.2) is 5.43 Å². The molecule has 166 valence electrons. The van der Waals surface area contributed by atoms with Gasteiger partial charge in [-0.2, -0.15) is 0 Å².